The Labute approximate surface area is 220 Å². The second-order valence-electron chi connectivity index (χ2n) is 7.95. The van der Waals surface area contributed by atoms with E-state index in [9.17, 15) is 9.59 Å². The van der Waals surface area contributed by atoms with Crippen molar-refractivity contribution in [2.45, 2.75) is 33.7 Å². The molecule has 0 aliphatic carbocycles. The maximum absolute atomic E-state index is 13.8. The average Bonchev–Trinajstić information content (AvgIpc) is 3.10. The molecule has 0 saturated heterocycles. The first-order chi connectivity index (χ1) is 16.7. The second kappa shape index (κ2) is 10.5. The fourth-order valence-electron chi connectivity index (χ4n) is 3.98. The van der Waals surface area contributed by atoms with Crippen molar-refractivity contribution < 1.29 is 14.3 Å². The molecule has 0 N–H and O–H groups in total. The number of fused-ring (bicyclic) bond motifs is 1. The molecule has 4 rings (SSSR count). The lowest BCUT2D eigenvalue weighted by Gasteiger charge is -2.24. The van der Waals surface area contributed by atoms with Gasteiger partial charge in [-0.15, -0.1) is 0 Å². The van der Waals surface area contributed by atoms with Gasteiger partial charge in [-0.1, -0.05) is 52.8 Å². The summed E-state index contributed by atoms with van der Waals surface area (Å²) in [5, 5.41) is 0.511. The lowest BCUT2D eigenvalue weighted by atomic mass is 9.95. The minimum atomic E-state index is -0.648. The summed E-state index contributed by atoms with van der Waals surface area (Å²) in [5.74, 6) is 0.118. The van der Waals surface area contributed by atoms with Gasteiger partial charge >= 0.3 is 5.97 Å². The van der Waals surface area contributed by atoms with Gasteiger partial charge < -0.3 is 9.47 Å². The zero-order valence-corrected chi connectivity index (χ0v) is 22.9. The van der Waals surface area contributed by atoms with Crippen molar-refractivity contribution in [3.8, 4) is 5.75 Å². The van der Waals surface area contributed by atoms with Crippen molar-refractivity contribution >= 4 is 50.9 Å². The molecular weight excluding hydrogens is 552 g/mol. The first-order valence-electron chi connectivity index (χ1n) is 11.1. The van der Waals surface area contributed by atoms with Crippen molar-refractivity contribution in [3.05, 3.63) is 93.5 Å². The van der Waals surface area contributed by atoms with Gasteiger partial charge in [0.1, 0.15) is 5.75 Å². The molecule has 9 heteroatoms. The highest BCUT2D eigenvalue weighted by Crippen LogP contribution is 2.34. The minimum absolute atomic E-state index is 0.227. The summed E-state index contributed by atoms with van der Waals surface area (Å²) < 4.78 is 13.9. The standard InChI is InChI=1S/C26H24BrClN2O4S/c1-5-33-23-17(11-18(28)13-19(23)27)12-20-24(31)30-22(16-9-7-14(3)8-10-16)21(25(32)34-6-2)15(4)29-26(30)35-20/h7-13,22H,5-6H2,1-4H3/b20-12-/t22-/m1/s1. The van der Waals surface area contributed by atoms with E-state index in [1.807, 2.05) is 38.1 Å². The number of nitrogens with zero attached hydrogens (tertiary/aromatic N) is 2. The molecule has 0 amide bonds. The van der Waals surface area contributed by atoms with Crippen LogP contribution < -0.4 is 19.6 Å². The van der Waals surface area contributed by atoms with Crippen LogP contribution in [0.25, 0.3) is 6.08 Å². The topological polar surface area (TPSA) is 69.9 Å². The molecule has 1 aromatic heterocycles. The smallest absolute Gasteiger partial charge is 0.338 e. The van der Waals surface area contributed by atoms with E-state index in [0.717, 1.165) is 11.1 Å². The molecule has 0 saturated carbocycles. The Hall–Kier alpha value is -2.68. The number of thiazole rings is 1. The Morgan fingerprint density at radius 2 is 1.91 bits per heavy atom. The summed E-state index contributed by atoms with van der Waals surface area (Å²) >= 11 is 11.0. The molecule has 182 valence electrons. The monoisotopic (exact) mass is 574 g/mol. The third kappa shape index (κ3) is 5.01. The Morgan fingerprint density at radius 3 is 2.57 bits per heavy atom. The van der Waals surface area contributed by atoms with Gasteiger partial charge in [0.15, 0.2) is 4.80 Å². The van der Waals surface area contributed by atoms with Crippen LogP contribution in [0.15, 0.2) is 61.9 Å². The van der Waals surface area contributed by atoms with Gasteiger partial charge in [-0.3, -0.25) is 9.36 Å². The molecule has 0 unspecified atom stereocenters. The molecule has 3 aromatic rings. The van der Waals surface area contributed by atoms with Gasteiger partial charge in [-0.2, -0.15) is 0 Å². The second-order valence-corrected chi connectivity index (χ2v) is 10.3. The van der Waals surface area contributed by atoms with Crippen molar-refractivity contribution in [2.24, 2.45) is 4.99 Å². The quantitative estimate of drug-likeness (QED) is 0.391. The number of hydrogen-bond acceptors (Lipinski definition) is 6. The van der Waals surface area contributed by atoms with Crippen LogP contribution in [0.1, 0.15) is 43.5 Å². The van der Waals surface area contributed by atoms with E-state index >= 15 is 0 Å². The number of carbonyl (C=O) groups is 1. The van der Waals surface area contributed by atoms with Gasteiger partial charge in [0, 0.05) is 10.6 Å². The summed E-state index contributed by atoms with van der Waals surface area (Å²) in [6.07, 6.45) is 1.75. The predicted molar refractivity (Wildman–Crippen MR) is 142 cm³/mol. The molecule has 6 nitrogen and oxygen atoms in total. The van der Waals surface area contributed by atoms with E-state index in [1.165, 1.54) is 11.3 Å². The van der Waals surface area contributed by atoms with Crippen molar-refractivity contribution in [3.63, 3.8) is 0 Å². The van der Waals surface area contributed by atoms with Gasteiger partial charge in [0.2, 0.25) is 0 Å². The number of aromatic nitrogens is 1. The molecule has 1 aliphatic rings. The van der Waals surface area contributed by atoms with Crippen molar-refractivity contribution in [1.29, 1.82) is 0 Å². The van der Waals surface area contributed by atoms with E-state index in [4.69, 9.17) is 21.1 Å². The number of carbonyl (C=O) groups excluding carboxylic acids is 1. The number of ether oxygens (including phenoxy) is 2. The average molecular weight is 576 g/mol. The molecule has 1 atom stereocenters. The highest BCUT2D eigenvalue weighted by molar-refractivity contribution is 9.10. The number of hydrogen-bond donors (Lipinski definition) is 0. The molecule has 0 radical (unpaired) electrons. The number of halogens is 2. The molecule has 0 spiro atoms. The van der Waals surface area contributed by atoms with Crippen molar-refractivity contribution in [1.82, 2.24) is 4.57 Å². The van der Waals surface area contributed by atoms with Crippen LogP contribution in [0.3, 0.4) is 0 Å². The number of rotatable bonds is 6. The van der Waals surface area contributed by atoms with Crippen molar-refractivity contribution in [2.75, 3.05) is 13.2 Å². The van der Waals surface area contributed by atoms with Gasteiger partial charge in [0.05, 0.1) is 39.5 Å². The number of allylic oxidation sites excluding steroid dienone is 1. The van der Waals surface area contributed by atoms with E-state index in [1.54, 1.807) is 36.6 Å². The van der Waals surface area contributed by atoms with Crippen LogP contribution in [0, 0.1) is 6.92 Å². The maximum atomic E-state index is 13.8. The van der Waals surface area contributed by atoms with E-state index in [0.29, 0.717) is 48.0 Å². The summed E-state index contributed by atoms with van der Waals surface area (Å²) in [7, 11) is 0. The number of aryl methyl sites for hydroxylation is 1. The van der Waals surface area contributed by atoms with Crippen LogP contribution >= 0.6 is 38.9 Å². The Morgan fingerprint density at radius 1 is 1.20 bits per heavy atom. The minimum Gasteiger partial charge on any atom is -0.492 e. The number of esters is 1. The predicted octanol–water partition coefficient (Wildman–Crippen LogP) is 4.92. The SMILES string of the molecule is CCOC(=O)C1=C(C)N=c2s/c(=C\c3cc(Cl)cc(Br)c3OCC)c(=O)n2[C@@H]1c1ccc(C)cc1. The molecule has 2 aromatic carbocycles. The molecule has 0 bridgehead atoms. The molecule has 2 heterocycles. The Bertz CT molecular complexity index is 1510. The molecule has 35 heavy (non-hydrogen) atoms. The van der Waals surface area contributed by atoms with Gasteiger partial charge in [-0.05, 0) is 67.4 Å². The third-order valence-electron chi connectivity index (χ3n) is 5.52. The van der Waals surface area contributed by atoms with E-state index < -0.39 is 12.0 Å². The first kappa shape index (κ1) is 25.4. The van der Waals surface area contributed by atoms with E-state index in [2.05, 4.69) is 20.9 Å². The zero-order valence-electron chi connectivity index (χ0n) is 19.7. The summed E-state index contributed by atoms with van der Waals surface area (Å²) in [4.78, 5) is 31.9. The normalized spacial score (nSPS) is 15.6. The zero-order chi connectivity index (χ0) is 25.3. The van der Waals surface area contributed by atoms with E-state index in [-0.39, 0.29) is 12.2 Å². The summed E-state index contributed by atoms with van der Waals surface area (Å²) in [6, 6.07) is 10.6. The van der Waals surface area contributed by atoms with Crippen LogP contribution in [0.2, 0.25) is 5.02 Å². The first-order valence-corrected chi connectivity index (χ1v) is 13.1. The van der Waals surface area contributed by atoms with Crippen LogP contribution in [-0.4, -0.2) is 23.8 Å². The maximum Gasteiger partial charge on any atom is 0.338 e. The largest absolute Gasteiger partial charge is 0.492 e. The van der Waals surface area contributed by atoms with Gasteiger partial charge in [0.25, 0.3) is 5.56 Å². The number of benzene rings is 2. The highest BCUT2D eigenvalue weighted by Gasteiger charge is 2.33. The van der Waals surface area contributed by atoms with Crippen LogP contribution in [0.5, 0.6) is 5.75 Å². The van der Waals surface area contributed by atoms with Crippen LogP contribution in [0.4, 0.5) is 0 Å². The lowest BCUT2D eigenvalue weighted by molar-refractivity contribution is -0.139. The summed E-state index contributed by atoms with van der Waals surface area (Å²) in [6.45, 7) is 8.08. The highest BCUT2D eigenvalue weighted by atomic mass is 79.9. The van der Waals surface area contributed by atoms with Gasteiger partial charge in [-0.25, -0.2) is 9.79 Å². The lowest BCUT2D eigenvalue weighted by Crippen LogP contribution is -2.39. The Kier molecular flexibility index (Phi) is 7.64. The fourth-order valence-corrected chi connectivity index (χ4v) is 5.97. The van der Waals surface area contributed by atoms with Crippen LogP contribution in [-0.2, 0) is 9.53 Å². The fraction of sp³-hybridized carbons (Fsp3) is 0.269. The molecule has 1 aliphatic heterocycles. The Balaban J connectivity index is 1.97. The molecular formula is C26H24BrClN2O4S. The summed E-state index contributed by atoms with van der Waals surface area (Å²) in [5.41, 5.74) is 3.19. The third-order valence-corrected chi connectivity index (χ3v) is 7.31. The molecule has 0 fully saturated rings.